The zero-order valence-electron chi connectivity index (χ0n) is 20.0. The van der Waals surface area contributed by atoms with Crippen LogP contribution in [0.5, 0.6) is 5.75 Å². The average molecular weight is 493 g/mol. The van der Waals surface area contributed by atoms with Gasteiger partial charge >= 0.3 is 0 Å². The first-order chi connectivity index (χ1) is 17.1. The first-order valence-corrected chi connectivity index (χ1v) is 12.4. The molecule has 0 bridgehead atoms. The molecule has 0 aliphatic carbocycles. The van der Waals surface area contributed by atoms with Crippen LogP contribution in [0.15, 0.2) is 66.7 Å². The number of rotatable bonds is 7. The Kier molecular flexibility index (Phi) is 7.32. The lowest BCUT2D eigenvalue weighted by molar-refractivity contribution is 0.240. The summed E-state index contributed by atoms with van der Waals surface area (Å²) in [7, 11) is 1.61. The predicted octanol–water partition coefficient (Wildman–Crippen LogP) is 5.59. The Bertz CT molecular complexity index is 1290. The second-order valence-corrected chi connectivity index (χ2v) is 9.53. The predicted molar refractivity (Wildman–Crippen MR) is 138 cm³/mol. The maximum Gasteiger partial charge on any atom is 0.127 e. The summed E-state index contributed by atoms with van der Waals surface area (Å²) in [6.45, 7) is 5.84. The van der Waals surface area contributed by atoms with E-state index >= 15 is 0 Å². The molecule has 1 aromatic heterocycles. The Morgan fingerprint density at radius 3 is 2.40 bits per heavy atom. The number of methoxy groups -OCH3 is 1. The van der Waals surface area contributed by atoms with Crippen molar-refractivity contribution < 1.29 is 9.13 Å². The summed E-state index contributed by atoms with van der Waals surface area (Å²) in [5, 5.41) is 0.743. The third kappa shape index (κ3) is 5.67. The van der Waals surface area contributed by atoms with E-state index in [-0.39, 0.29) is 5.82 Å². The fourth-order valence-electron chi connectivity index (χ4n) is 4.78. The Labute approximate surface area is 210 Å². The minimum absolute atomic E-state index is 0.178. The molecule has 1 aliphatic heterocycles. The van der Waals surface area contributed by atoms with Crippen molar-refractivity contribution in [2.45, 2.75) is 26.1 Å². The molecule has 0 saturated carbocycles. The van der Waals surface area contributed by atoms with Crippen molar-refractivity contribution in [2.75, 3.05) is 33.3 Å². The summed E-state index contributed by atoms with van der Waals surface area (Å²) in [5.74, 6) is 1.58. The monoisotopic (exact) mass is 492 g/mol. The van der Waals surface area contributed by atoms with Crippen molar-refractivity contribution in [1.82, 2.24) is 19.4 Å². The van der Waals surface area contributed by atoms with Gasteiger partial charge in [0.05, 0.1) is 24.7 Å². The number of para-hydroxylation sites is 2. The lowest BCUT2D eigenvalue weighted by Gasteiger charge is -2.22. The summed E-state index contributed by atoms with van der Waals surface area (Å²) in [5.41, 5.74) is 4.03. The van der Waals surface area contributed by atoms with E-state index in [2.05, 4.69) is 44.7 Å². The lowest BCUT2D eigenvalue weighted by atomic mass is 10.2. The highest BCUT2D eigenvalue weighted by Crippen LogP contribution is 2.22. The second kappa shape index (κ2) is 10.8. The Balaban J connectivity index is 1.30. The standard InChI is InChI=1S/C28H30ClFN4O/c1-35-24-11-12-25(30)22(17-24)19-32-13-4-14-33(16-15-32)20-28-31-26-5-2-3-6-27(26)34(28)18-21-7-9-23(29)10-8-21/h2-3,5-12,17H,4,13-16,18-20H2,1H3. The van der Waals surface area contributed by atoms with Crippen molar-refractivity contribution in [2.24, 2.45) is 0 Å². The Morgan fingerprint density at radius 2 is 1.63 bits per heavy atom. The van der Waals surface area contributed by atoms with Gasteiger partial charge in [-0.1, -0.05) is 35.9 Å². The van der Waals surface area contributed by atoms with E-state index in [0.29, 0.717) is 17.9 Å². The van der Waals surface area contributed by atoms with Crippen LogP contribution in [0.2, 0.25) is 5.02 Å². The number of imidazole rings is 1. The highest BCUT2D eigenvalue weighted by atomic mass is 35.5. The fourth-order valence-corrected chi connectivity index (χ4v) is 4.90. The summed E-state index contributed by atoms with van der Waals surface area (Å²) in [6, 6.07) is 21.3. The van der Waals surface area contributed by atoms with E-state index in [4.69, 9.17) is 21.3 Å². The number of hydrogen-bond acceptors (Lipinski definition) is 4. The third-order valence-electron chi connectivity index (χ3n) is 6.68. The number of nitrogens with zero attached hydrogens (tertiary/aromatic N) is 4. The van der Waals surface area contributed by atoms with Crippen LogP contribution < -0.4 is 4.74 Å². The van der Waals surface area contributed by atoms with Gasteiger partial charge in [-0.25, -0.2) is 9.37 Å². The first kappa shape index (κ1) is 23.8. The molecule has 0 amide bonds. The van der Waals surface area contributed by atoms with E-state index < -0.39 is 0 Å². The molecule has 0 radical (unpaired) electrons. The minimum atomic E-state index is -0.178. The number of aromatic nitrogens is 2. The average Bonchev–Trinajstić information content (AvgIpc) is 3.05. The lowest BCUT2D eigenvalue weighted by Crippen LogP contribution is -2.31. The molecule has 0 unspecified atom stereocenters. The van der Waals surface area contributed by atoms with Crippen molar-refractivity contribution in [3.05, 3.63) is 94.5 Å². The van der Waals surface area contributed by atoms with Gasteiger partial charge in [0.2, 0.25) is 0 Å². The van der Waals surface area contributed by atoms with Gasteiger partial charge in [-0.05, 0) is 67.5 Å². The van der Waals surface area contributed by atoms with E-state index in [1.807, 2.05) is 18.2 Å². The van der Waals surface area contributed by atoms with E-state index in [1.165, 1.54) is 11.6 Å². The topological polar surface area (TPSA) is 33.5 Å². The number of fused-ring (bicyclic) bond motifs is 1. The molecule has 7 heteroatoms. The van der Waals surface area contributed by atoms with Crippen LogP contribution in [0.3, 0.4) is 0 Å². The second-order valence-electron chi connectivity index (χ2n) is 9.09. The minimum Gasteiger partial charge on any atom is -0.497 e. The van der Waals surface area contributed by atoms with Crippen molar-refractivity contribution in [1.29, 1.82) is 0 Å². The van der Waals surface area contributed by atoms with Crippen molar-refractivity contribution in [3.8, 4) is 5.75 Å². The molecule has 4 aromatic rings. The molecular formula is C28H30ClFN4O. The summed E-state index contributed by atoms with van der Waals surface area (Å²) in [4.78, 5) is 9.77. The zero-order chi connectivity index (χ0) is 24.2. The normalized spacial score (nSPS) is 15.4. The molecule has 0 spiro atoms. The van der Waals surface area contributed by atoms with E-state index in [1.54, 1.807) is 19.2 Å². The fraction of sp³-hybridized carbons (Fsp3) is 0.321. The molecule has 0 atom stereocenters. The van der Waals surface area contributed by atoms with Gasteiger partial charge in [-0.15, -0.1) is 0 Å². The van der Waals surface area contributed by atoms with Crippen LogP contribution in [0.1, 0.15) is 23.4 Å². The van der Waals surface area contributed by atoms with Crippen molar-refractivity contribution >= 4 is 22.6 Å². The molecule has 2 heterocycles. The number of benzene rings is 3. The van der Waals surface area contributed by atoms with E-state index in [9.17, 15) is 4.39 Å². The molecule has 1 saturated heterocycles. The van der Waals surface area contributed by atoms with Gasteiger partial charge in [-0.2, -0.15) is 0 Å². The molecule has 5 nitrogen and oxygen atoms in total. The molecular weight excluding hydrogens is 463 g/mol. The quantitative estimate of drug-likeness (QED) is 0.336. The SMILES string of the molecule is COc1ccc(F)c(CN2CCCN(Cc3nc4ccccc4n3Cc3ccc(Cl)cc3)CC2)c1. The summed E-state index contributed by atoms with van der Waals surface area (Å²) >= 11 is 6.09. The van der Waals surface area contributed by atoms with Crippen LogP contribution >= 0.6 is 11.6 Å². The molecule has 5 rings (SSSR count). The van der Waals surface area contributed by atoms with Gasteiger partial charge in [-0.3, -0.25) is 9.80 Å². The van der Waals surface area contributed by atoms with Gasteiger partial charge in [0.25, 0.3) is 0 Å². The van der Waals surface area contributed by atoms with Gasteiger partial charge in [0.15, 0.2) is 0 Å². The molecule has 0 N–H and O–H groups in total. The van der Waals surface area contributed by atoms with Crippen LogP contribution in [0, 0.1) is 5.82 Å². The smallest absolute Gasteiger partial charge is 0.127 e. The Hall–Kier alpha value is -2.93. The van der Waals surface area contributed by atoms with Crippen LogP contribution in [0.4, 0.5) is 4.39 Å². The largest absolute Gasteiger partial charge is 0.497 e. The number of hydrogen-bond donors (Lipinski definition) is 0. The van der Waals surface area contributed by atoms with Crippen LogP contribution in [0.25, 0.3) is 11.0 Å². The maximum absolute atomic E-state index is 14.4. The van der Waals surface area contributed by atoms with E-state index in [0.717, 1.165) is 67.6 Å². The van der Waals surface area contributed by atoms with Gasteiger partial charge in [0.1, 0.15) is 17.4 Å². The molecule has 1 aliphatic rings. The molecule has 1 fully saturated rings. The molecule has 182 valence electrons. The van der Waals surface area contributed by atoms with Crippen LogP contribution in [-0.2, 0) is 19.6 Å². The number of ether oxygens (including phenoxy) is 1. The maximum atomic E-state index is 14.4. The third-order valence-corrected chi connectivity index (χ3v) is 6.93. The highest BCUT2D eigenvalue weighted by Gasteiger charge is 2.20. The van der Waals surface area contributed by atoms with Crippen LogP contribution in [-0.4, -0.2) is 52.6 Å². The highest BCUT2D eigenvalue weighted by molar-refractivity contribution is 6.30. The molecule has 35 heavy (non-hydrogen) atoms. The zero-order valence-corrected chi connectivity index (χ0v) is 20.7. The van der Waals surface area contributed by atoms with Crippen molar-refractivity contribution in [3.63, 3.8) is 0 Å². The summed E-state index contributed by atoms with van der Waals surface area (Å²) < 4.78 is 22.0. The first-order valence-electron chi connectivity index (χ1n) is 12.0. The van der Waals surface area contributed by atoms with Gasteiger partial charge in [0, 0.05) is 36.8 Å². The Morgan fingerprint density at radius 1 is 0.886 bits per heavy atom. The number of halogens is 2. The molecule has 3 aromatic carbocycles. The summed E-state index contributed by atoms with van der Waals surface area (Å²) in [6.07, 6.45) is 1.03. The van der Waals surface area contributed by atoms with Gasteiger partial charge < -0.3 is 9.30 Å².